The predicted octanol–water partition coefficient (Wildman–Crippen LogP) is 2.78. The maximum Gasteiger partial charge on any atom is 0.0647 e. The summed E-state index contributed by atoms with van der Waals surface area (Å²) in [5.41, 5.74) is 1.09. The summed E-state index contributed by atoms with van der Waals surface area (Å²) in [4.78, 5) is 1.22. The molecule has 0 saturated heterocycles. The summed E-state index contributed by atoms with van der Waals surface area (Å²) in [6, 6.07) is 4.08. The lowest BCUT2D eigenvalue weighted by molar-refractivity contribution is 0.320. The lowest BCUT2D eigenvalue weighted by Crippen LogP contribution is -1.98. The van der Waals surface area contributed by atoms with Gasteiger partial charge in [0, 0.05) is 4.88 Å². The van der Waals surface area contributed by atoms with E-state index in [0.717, 1.165) is 5.57 Å². The molecule has 0 atom stereocenters. The Morgan fingerprint density at radius 1 is 1.67 bits per heavy atom. The van der Waals surface area contributed by atoms with E-state index >= 15 is 0 Å². The largest absolute Gasteiger partial charge is 0.392 e. The topological polar surface area (TPSA) is 20.2 Å². The van der Waals surface area contributed by atoms with Crippen molar-refractivity contribution in [1.82, 2.24) is 0 Å². The molecule has 0 aliphatic carbocycles. The van der Waals surface area contributed by atoms with Gasteiger partial charge in [0.25, 0.3) is 0 Å². The molecule has 1 aromatic rings. The molecule has 1 N–H and O–H groups in total. The van der Waals surface area contributed by atoms with E-state index in [-0.39, 0.29) is 6.61 Å². The van der Waals surface area contributed by atoms with Crippen molar-refractivity contribution >= 4 is 17.4 Å². The summed E-state index contributed by atoms with van der Waals surface area (Å²) < 4.78 is 0. The molecule has 1 aromatic heterocycles. The Hall–Kier alpha value is -0.600. The Bertz CT molecular complexity index is 247. The van der Waals surface area contributed by atoms with Gasteiger partial charge in [0.2, 0.25) is 0 Å². The van der Waals surface area contributed by atoms with Crippen LogP contribution in [0.25, 0.3) is 6.08 Å². The van der Waals surface area contributed by atoms with Crippen molar-refractivity contribution in [2.45, 2.75) is 13.8 Å². The zero-order valence-electron chi connectivity index (χ0n) is 7.45. The molecule has 2 heteroatoms. The van der Waals surface area contributed by atoms with E-state index in [0.29, 0.717) is 5.92 Å². The molecule has 0 saturated carbocycles. The van der Waals surface area contributed by atoms with Gasteiger partial charge < -0.3 is 5.11 Å². The van der Waals surface area contributed by atoms with Gasteiger partial charge in [-0.25, -0.2) is 0 Å². The summed E-state index contributed by atoms with van der Waals surface area (Å²) in [6.07, 6.45) is 2.06. The molecule has 0 fully saturated rings. The van der Waals surface area contributed by atoms with E-state index in [2.05, 4.69) is 26.0 Å². The van der Waals surface area contributed by atoms with Gasteiger partial charge in [0.15, 0.2) is 0 Å². The lowest BCUT2D eigenvalue weighted by atomic mass is 10.0. The lowest BCUT2D eigenvalue weighted by Gasteiger charge is -2.06. The summed E-state index contributed by atoms with van der Waals surface area (Å²) >= 11 is 1.70. The van der Waals surface area contributed by atoms with E-state index < -0.39 is 0 Å². The van der Waals surface area contributed by atoms with Crippen LogP contribution in [0, 0.1) is 5.92 Å². The first-order valence-electron chi connectivity index (χ1n) is 4.09. The van der Waals surface area contributed by atoms with Crippen LogP contribution >= 0.6 is 11.3 Å². The van der Waals surface area contributed by atoms with Gasteiger partial charge in [0.05, 0.1) is 6.61 Å². The molecule has 0 radical (unpaired) electrons. The zero-order valence-corrected chi connectivity index (χ0v) is 8.27. The first-order chi connectivity index (χ1) is 5.74. The highest BCUT2D eigenvalue weighted by Gasteiger charge is 2.01. The maximum absolute atomic E-state index is 9.03. The van der Waals surface area contributed by atoms with Gasteiger partial charge in [-0.2, -0.15) is 0 Å². The average Bonchev–Trinajstić information content (AvgIpc) is 2.51. The Kier molecular flexibility index (Phi) is 3.50. The van der Waals surface area contributed by atoms with Crippen molar-refractivity contribution in [1.29, 1.82) is 0 Å². The van der Waals surface area contributed by atoms with Crippen molar-refractivity contribution in [3.05, 3.63) is 28.0 Å². The molecule has 1 nitrogen and oxygen atoms in total. The van der Waals surface area contributed by atoms with E-state index in [1.165, 1.54) is 4.88 Å². The fourth-order valence-corrected chi connectivity index (χ4v) is 1.64. The molecule has 12 heavy (non-hydrogen) atoms. The minimum absolute atomic E-state index is 0.162. The van der Waals surface area contributed by atoms with Crippen molar-refractivity contribution in [2.24, 2.45) is 5.92 Å². The van der Waals surface area contributed by atoms with Gasteiger partial charge in [-0.05, 0) is 29.0 Å². The van der Waals surface area contributed by atoms with E-state index in [1.807, 2.05) is 11.4 Å². The van der Waals surface area contributed by atoms with Crippen molar-refractivity contribution in [3.8, 4) is 0 Å². The Morgan fingerprint density at radius 2 is 2.42 bits per heavy atom. The minimum Gasteiger partial charge on any atom is -0.392 e. The Labute approximate surface area is 77.4 Å². The molecule has 0 aliphatic heterocycles. The van der Waals surface area contributed by atoms with Gasteiger partial charge in [-0.1, -0.05) is 19.9 Å². The third-order valence-electron chi connectivity index (χ3n) is 1.79. The number of rotatable bonds is 3. The van der Waals surface area contributed by atoms with Crippen molar-refractivity contribution < 1.29 is 5.11 Å². The second kappa shape index (κ2) is 4.43. The van der Waals surface area contributed by atoms with E-state index in [9.17, 15) is 0 Å². The normalized spacial score (nSPS) is 12.5. The number of thiophene rings is 1. The number of hydrogen-bond donors (Lipinski definition) is 1. The molecular weight excluding hydrogens is 168 g/mol. The molecule has 1 heterocycles. The summed E-state index contributed by atoms with van der Waals surface area (Å²) in [6.45, 7) is 4.35. The average molecular weight is 182 g/mol. The molecular formula is C10H14OS. The van der Waals surface area contributed by atoms with Gasteiger partial charge >= 0.3 is 0 Å². The summed E-state index contributed by atoms with van der Waals surface area (Å²) in [7, 11) is 0. The van der Waals surface area contributed by atoms with Gasteiger partial charge in [-0.15, -0.1) is 11.3 Å². The van der Waals surface area contributed by atoms with Gasteiger partial charge in [0.1, 0.15) is 0 Å². The summed E-state index contributed by atoms with van der Waals surface area (Å²) in [5, 5.41) is 11.1. The molecule has 0 aromatic carbocycles. The smallest absolute Gasteiger partial charge is 0.0647 e. The Morgan fingerprint density at radius 3 is 2.83 bits per heavy atom. The molecule has 0 aliphatic rings. The number of aliphatic hydroxyl groups is 1. The van der Waals surface area contributed by atoms with Crippen molar-refractivity contribution in [3.63, 3.8) is 0 Å². The van der Waals surface area contributed by atoms with Crippen LogP contribution in [-0.4, -0.2) is 11.7 Å². The van der Waals surface area contributed by atoms with E-state index in [1.54, 1.807) is 11.3 Å². The van der Waals surface area contributed by atoms with E-state index in [4.69, 9.17) is 5.11 Å². The number of aliphatic hydroxyl groups excluding tert-OH is 1. The quantitative estimate of drug-likeness (QED) is 0.762. The van der Waals surface area contributed by atoms with Crippen LogP contribution in [0.3, 0.4) is 0 Å². The van der Waals surface area contributed by atoms with Crippen molar-refractivity contribution in [2.75, 3.05) is 6.61 Å². The SMILES string of the molecule is CC(C)C(=Cc1cccs1)CO. The van der Waals surface area contributed by atoms with Crippen LogP contribution in [-0.2, 0) is 0 Å². The standard InChI is InChI=1S/C10H14OS/c1-8(2)9(7-11)6-10-4-3-5-12-10/h3-6,8,11H,7H2,1-2H3. The van der Waals surface area contributed by atoms with Crippen LogP contribution in [0.1, 0.15) is 18.7 Å². The molecule has 0 unspecified atom stereocenters. The third-order valence-corrected chi connectivity index (χ3v) is 2.61. The highest BCUT2D eigenvalue weighted by molar-refractivity contribution is 7.10. The fraction of sp³-hybridized carbons (Fsp3) is 0.400. The first-order valence-corrected chi connectivity index (χ1v) is 4.97. The third kappa shape index (κ3) is 2.47. The molecule has 66 valence electrons. The minimum atomic E-state index is 0.162. The first kappa shape index (κ1) is 9.49. The molecule has 1 rings (SSSR count). The van der Waals surface area contributed by atoms with Crippen LogP contribution in [0.2, 0.25) is 0 Å². The van der Waals surface area contributed by atoms with Crippen LogP contribution in [0.4, 0.5) is 0 Å². The van der Waals surface area contributed by atoms with Gasteiger partial charge in [-0.3, -0.25) is 0 Å². The monoisotopic (exact) mass is 182 g/mol. The second-order valence-electron chi connectivity index (χ2n) is 3.05. The highest BCUT2D eigenvalue weighted by Crippen LogP contribution is 2.17. The van der Waals surface area contributed by atoms with Crippen LogP contribution in [0.5, 0.6) is 0 Å². The predicted molar refractivity (Wildman–Crippen MR) is 54.2 cm³/mol. The maximum atomic E-state index is 9.03. The van der Waals surface area contributed by atoms with Crippen LogP contribution < -0.4 is 0 Å². The summed E-state index contributed by atoms with van der Waals surface area (Å²) in [5.74, 6) is 0.428. The van der Waals surface area contributed by atoms with Crippen LogP contribution in [0.15, 0.2) is 23.1 Å². The number of hydrogen-bond acceptors (Lipinski definition) is 2. The highest BCUT2D eigenvalue weighted by atomic mass is 32.1. The molecule has 0 spiro atoms. The fourth-order valence-electron chi connectivity index (χ4n) is 0.951. The second-order valence-corrected chi connectivity index (χ2v) is 4.03. The molecule has 0 amide bonds. The Balaban J connectivity index is 2.78. The zero-order chi connectivity index (χ0) is 8.97. The molecule has 0 bridgehead atoms.